The smallest absolute Gasteiger partial charge is 0.123 e. The van der Waals surface area contributed by atoms with Gasteiger partial charge in [-0.3, -0.25) is 0 Å². The number of rotatable bonds is 5. The molecule has 0 saturated carbocycles. The summed E-state index contributed by atoms with van der Waals surface area (Å²) in [6, 6.07) is 4.61. The molecule has 1 aromatic rings. The van der Waals surface area contributed by atoms with Crippen LogP contribution in [0.2, 0.25) is 0 Å². The minimum Gasteiger partial charge on any atom is -0.493 e. The van der Waals surface area contributed by atoms with Crippen LogP contribution in [-0.4, -0.2) is 32.1 Å². The summed E-state index contributed by atoms with van der Waals surface area (Å²) in [6.07, 6.45) is 0. The Morgan fingerprint density at radius 3 is 2.62 bits per heavy atom. The molecule has 1 rings (SSSR count). The van der Waals surface area contributed by atoms with Gasteiger partial charge in [0.25, 0.3) is 0 Å². The van der Waals surface area contributed by atoms with Gasteiger partial charge in [0, 0.05) is 12.5 Å². The summed E-state index contributed by atoms with van der Waals surface area (Å²) >= 11 is 0. The normalized spacial score (nSPS) is 12.9. The molecule has 2 nitrogen and oxygen atoms in total. The lowest BCUT2D eigenvalue weighted by Gasteiger charge is -2.18. The van der Waals surface area contributed by atoms with Gasteiger partial charge < -0.3 is 9.64 Å². The van der Waals surface area contributed by atoms with Gasteiger partial charge >= 0.3 is 0 Å². The second kappa shape index (κ2) is 5.85. The van der Waals surface area contributed by atoms with Crippen LogP contribution in [0.4, 0.5) is 4.39 Å². The fourth-order valence-electron chi connectivity index (χ4n) is 1.68. The van der Waals surface area contributed by atoms with Crippen molar-refractivity contribution in [3.63, 3.8) is 0 Å². The zero-order valence-corrected chi connectivity index (χ0v) is 10.5. The molecule has 0 radical (unpaired) electrons. The highest BCUT2D eigenvalue weighted by molar-refractivity contribution is 5.32. The average molecular weight is 225 g/mol. The third-order valence-electron chi connectivity index (χ3n) is 2.34. The molecule has 1 atom stereocenters. The monoisotopic (exact) mass is 225 g/mol. The van der Waals surface area contributed by atoms with Gasteiger partial charge in [-0.2, -0.15) is 0 Å². The van der Waals surface area contributed by atoms with Gasteiger partial charge in [-0.15, -0.1) is 0 Å². The summed E-state index contributed by atoms with van der Waals surface area (Å²) in [5.74, 6) is 1.01. The summed E-state index contributed by atoms with van der Waals surface area (Å²) in [5.41, 5.74) is 0.844. The predicted molar refractivity (Wildman–Crippen MR) is 64.4 cm³/mol. The van der Waals surface area contributed by atoms with E-state index in [1.165, 1.54) is 12.1 Å². The van der Waals surface area contributed by atoms with Gasteiger partial charge in [-0.05, 0) is 44.8 Å². The second-order valence-electron chi connectivity index (χ2n) is 4.59. The SMILES string of the molecule is Cc1cc(F)ccc1OC[C@@H](C)CN(C)C. The number of ether oxygens (including phenoxy) is 1. The molecule has 0 fully saturated rings. The first-order valence-corrected chi connectivity index (χ1v) is 5.52. The summed E-state index contributed by atoms with van der Waals surface area (Å²) < 4.78 is 18.5. The summed E-state index contributed by atoms with van der Waals surface area (Å²) in [6.45, 7) is 5.64. The van der Waals surface area contributed by atoms with E-state index in [2.05, 4.69) is 11.8 Å². The Balaban J connectivity index is 2.48. The molecule has 0 aromatic heterocycles. The first kappa shape index (κ1) is 13.0. The van der Waals surface area contributed by atoms with Crippen LogP contribution in [0.3, 0.4) is 0 Å². The van der Waals surface area contributed by atoms with Crippen molar-refractivity contribution < 1.29 is 9.13 Å². The molecule has 16 heavy (non-hydrogen) atoms. The van der Waals surface area contributed by atoms with Crippen molar-refractivity contribution in [2.24, 2.45) is 5.92 Å². The van der Waals surface area contributed by atoms with E-state index in [9.17, 15) is 4.39 Å². The van der Waals surface area contributed by atoms with Gasteiger partial charge in [0.1, 0.15) is 11.6 Å². The molecule has 0 aliphatic heterocycles. The summed E-state index contributed by atoms with van der Waals surface area (Å²) in [5, 5.41) is 0. The Morgan fingerprint density at radius 2 is 2.06 bits per heavy atom. The van der Waals surface area contributed by atoms with Gasteiger partial charge in [0.2, 0.25) is 0 Å². The lowest BCUT2D eigenvalue weighted by atomic mass is 10.2. The first-order valence-electron chi connectivity index (χ1n) is 5.52. The summed E-state index contributed by atoms with van der Waals surface area (Å²) in [7, 11) is 4.08. The minimum atomic E-state index is -0.216. The van der Waals surface area contributed by atoms with Crippen molar-refractivity contribution in [3.05, 3.63) is 29.6 Å². The lowest BCUT2D eigenvalue weighted by Crippen LogP contribution is -2.24. The molecule has 0 unspecified atom stereocenters. The highest BCUT2D eigenvalue weighted by Gasteiger charge is 2.06. The maximum absolute atomic E-state index is 12.9. The van der Waals surface area contributed by atoms with E-state index in [1.54, 1.807) is 6.07 Å². The van der Waals surface area contributed by atoms with Crippen molar-refractivity contribution in [2.75, 3.05) is 27.2 Å². The fourth-order valence-corrected chi connectivity index (χ4v) is 1.68. The molecule has 0 spiro atoms. The van der Waals surface area contributed by atoms with Gasteiger partial charge in [0.15, 0.2) is 0 Å². The molecule has 90 valence electrons. The van der Waals surface area contributed by atoms with Gasteiger partial charge in [0.05, 0.1) is 6.61 Å². The Kier molecular flexibility index (Phi) is 4.74. The topological polar surface area (TPSA) is 12.5 Å². The van der Waals surface area contributed by atoms with Gasteiger partial charge in [-0.25, -0.2) is 4.39 Å². The molecule has 0 heterocycles. The quantitative estimate of drug-likeness (QED) is 0.764. The van der Waals surface area contributed by atoms with Crippen molar-refractivity contribution in [2.45, 2.75) is 13.8 Å². The molecule has 0 N–H and O–H groups in total. The highest BCUT2D eigenvalue weighted by Crippen LogP contribution is 2.19. The van der Waals surface area contributed by atoms with E-state index in [0.717, 1.165) is 17.9 Å². The largest absolute Gasteiger partial charge is 0.493 e. The molecule has 3 heteroatoms. The third kappa shape index (κ3) is 4.19. The number of hydrogen-bond donors (Lipinski definition) is 0. The standard InChI is InChI=1S/C13H20FNO/c1-10(8-15(3)4)9-16-13-6-5-12(14)7-11(13)2/h5-7,10H,8-9H2,1-4H3/t10-/m0/s1. The lowest BCUT2D eigenvalue weighted by molar-refractivity contribution is 0.221. The Bertz CT molecular complexity index is 339. The van der Waals surface area contributed by atoms with Crippen LogP contribution in [-0.2, 0) is 0 Å². The van der Waals surface area contributed by atoms with Crippen molar-refractivity contribution in [3.8, 4) is 5.75 Å². The molecule has 0 saturated heterocycles. The van der Waals surface area contributed by atoms with E-state index in [0.29, 0.717) is 12.5 Å². The van der Waals surface area contributed by atoms with Crippen LogP contribution in [0.15, 0.2) is 18.2 Å². The Hall–Kier alpha value is -1.09. The average Bonchev–Trinajstić information content (AvgIpc) is 2.15. The van der Waals surface area contributed by atoms with Crippen molar-refractivity contribution in [1.29, 1.82) is 0 Å². The second-order valence-corrected chi connectivity index (χ2v) is 4.59. The zero-order valence-electron chi connectivity index (χ0n) is 10.5. The molecule has 0 amide bonds. The van der Waals surface area contributed by atoms with E-state index < -0.39 is 0 Å². The van der Waals surface area contributed by atoms with Gasteiger partial charge in [-0.1, -0.05) is 6.92 Å². The van der Waals surface area contributed by atoms with Crippen LogP contribution >= 0.6 is 0 Å². The predicted octanol–water partition coefficient (Wildman–Crippen LogP) is 2.71. The Morgan fingerprint density at radius 1 is 1.38 bits per heavy atom. The highest BCUT2D eigenvalue weighted by atomic mass is 19.1. The molecule has 1 aromatic carbocycles. The molecule has 0 aliphatic rings. The number of aryl methyl sites for hydroxylation is 1. The van der Waals surface area contributed by atoms with E-state index in [4.69, 9.17) is 4.74 Å². The number of halogens is 1. The molecule has 0 aliphatic carbocycles. The molecular weight excluding hydrogens is 205 g/mol. The van der Waals surface area contributed by atoms with Crippen LogP contribution in [0.25, 0.3) is 0 Å². The van der Waals surface area contributed by atoms with Crippen LogP contribution in [0.5, 0.6) is 5.75 Å². The number of nitrogens with zero attached hydrogens (tertiary/aromatic N) is 1. The van der Waals surface area contributed by atoms with E-state index in [1.807, 2.05) is 21.0 Å². The van der Waals surface area contributed by atoms with Crippen LogP contribution in [0, 0.1) is 18.7 Å². The molecule has 0 bridgehead atoms. The van der Waals surface area contributed by atoms with Crippen molar-refractivity contribution in [1.82, 2.24) is 4.90 Å². The Labute approximate surface area is 97.0 Å². The fraction of sp³-hybridized carbons (Fsp3) is 0.538. The minimum absolute atomic E-state index is 0.216. The third-order valence-corrected chi connectivity index (χ3v) is 2.34. The molecular formula is C13H20FNO. The van der Waals surface area contributed by atoms with E-state index >= 15 is 0 Å². The first-order chi connectivity index (χ1) is 7.49. The zero-order chi connectivity index (χ0) is 12.1. The number of hydrogen-bond acceptors (Lipinski definition) is 2. The van der Waals surface area contributed by atoms with Crippen LogP contribution < -0.4 is 4.74 Å². The maximum atomic E-state index is 12.9. The summed E-state index contributed by atoms with van der Waals surface area (Å²) in [4.78, 5) is 2.13. The van der Waals surface area contributed by atoms with Crippen molar-refractivity contribution >= 4 is 0 Å². The maximum Gasteiger partial charge on any atom is 0.123 e. The van der Waals surface area contributed by atoms with Crippen LogP contribution in [0.1, 0.15) is 12.5 Å². The number of benzene rings is 1. The van der Waals surface area contributed by atoms with E-state index in [-0.39, 0.29) is 5.82 Å².